The standard InChI is InChI=1S/C27H28F3N5O/c1-33-10-7-23(8-11-33)35-18-22(16-32-35)20-6-12-34-25(17-31-26(34)15-20)21-4-2-3-19(13-21)14-24(36)5-9-27(28,29)30/h2-4,6,12-13,15-18,23H,5,7-11,14H2,1H3. The molecule has 1 aliphatic heterocycles. The third-order valence-corrected chi connectivity index (χ3v) is 6.82. The van der Waals surface area contributed by atoms with Crippen LogP contribution >= 0.6 is 0 Å². The Morgan fingerprint density at radius 1 is 1.06 bits per heavy atom. The SMILES string of the molecule is CN1CCC(n2cc(-c3ccn4c(-c5cccc(CC(=O)CCC(F)(F)F)c5)cnc4c3)cn2)CC1. The van der Waals surface area contributed by atoms with Gasteiger partial charge in [-0.2, -0.15) is 18.3 Å². The molecule has 188 valence electrons. The number of ketones is 1. The Morgan fingerprint density at radius 2 is 1.86 bits per heavy atom. The van der Waals surface area contributed by atoms with Crippen LogP contribution in [0.25, 0.3) is 28.0 Å². The number of halogens is 3. The van der Waals surface area contributed by atoms with Crippen molar-refractivity contribution in [2.24, 2.45) is 0 Å². The molecule has 3 aromatic heterocycles. The molecule has 1 saturated heterocycles. The van der Waals surface area contributed by atoms with E-state index < -0.39 is 24.8 Å². The van der Waals surface area contributed by atoms with E-state index >= 15 is 0 Å². The number of pyridine rings is 1. The summed E-state index contributed by atoms with van der Waals surface area (Å²) in [7, 11) is 2.15. The number of hydrogen-bond donors (Lipinski definition) is 0. The molecule has 0 amide bonds. The maximum Gasteiger partial charge on any atom is 0.389 e. The predicted molar refractivity (Wildman–Crippen MR) is 132 cm³/mol. The largest absolute Gasteiger partial charge is 0.389 e. The second-order valence-electron chi connectivity index (χ2n) is 9.56. The number of alkyl halides is 3. The Balaban J connectivity index is 1.33. The summed E-state index contributed by atoms with van der Waals surface area (Å²) in [5, 5.41) is 4.61. The van der Waals surface area contributed by atoms with Gasteiger partial charge in [0, 0.05) is 36.4 Å². The highest BCUT2D eigenvalue weighted by molar-refractivity contribution is 5.81. The van der Waals surface area contributed by atoms with Crippen molar-refractivity contribution < 1.29 is 18.0 Å². The number of benzene rings is 1. The van der Waals surface area contributed by atoms with Gasteiger partial charge in [-0.05, 0) is 62.3 Å². The molecule has 4 aromatic rings. The molecule has 0 unspecified atom stereocenters. The average molecular weight is 496 g/mol. The highest BCUT2D eigenvalue weighted by Crippen LogP contribution is 2.28. The van der Waals surface area contributed by atoms with Crippen molar-refractivity contribution >= 4 is 11.4 Å². The first-order chi connectivity index (χ1) is 17.2. The number of piperidine rings is 1. The lowest BCUT2D eigenvalue weighted by atomic mass is 10.0. The van der Waals surface area contributed by atoms with E-state index in [-0.39, 0.29) is 6.42 Å². The van der Waals surface area contributed by atoms with Crippen LogP contribution in [0, 0.1) is 0 Å². The summed E-state index contributed by atoms with van der Waals surface area (Å²) in [6.45, 7) is 2.15. The molecule has 4 heterocycles. The first-order valence-corrected chi connectivity index (χ1v) is 12.1. The normalized spacial score (nSPS) is 15.6. The molecule has 0 bridgehead atoms. The zero-order valence-electron chi connectivity index (χ0n) is 20.1. The van der Waals surface area contributed by atoms with Gasteiger partial charge in [0.15, 0.2) is 0 Å². The zero-order valence-corrected chi connectivity index (χ0v) is 20.1. The number of carbonyl (C=O) groups excluding carboxylic acids is 1. The maximum absolute atomic E-state index is 12.4. The van der Waals surface area contributed by atoms with Crippen LogP contribution < -0.4 is 0 Å². The van der Waals surface area contributed by atoms with Gasteiger partial charge in [0.2, 0.25) is 0 Å². The molecule has 0 saturated carbocycles. The van der Waals surface area contributed by atoms with Gasteiger partial charge in [-0.3, -0.25) is 13.9 Å². The van der Waals surface area contributed by atoms with Crippen molar-refractivity contribution in [3.05, 3.63) is 66.7 Å². The van der Waals surface area contributed by atoms with Gasteiger partial charge in [-0.1, -0.05) is 18.2 Å². The highest BCUT2D eigenvalue weighted by atomic mass is 19.4. The van der Waals surface area contributed by atoms with Gasteiger partial charge in [0.05, 0.1) is 30.6 Å². The van der Waals surface area contributed by atoms with Gasteiger partial charge in [-0.25, -0.2) is 4.98 Å². The van der Waals surface area contributed by atoms with Crippen molar-refractivity contribution in [2.75, 3.05) is 20.1 Å². The molecule has 0 N–H and O–H groups in total. The van der Waals surface area contributed by atoms with Crippen molar-refractivity contribution in [1.29, 1.82) is 0 Å². The molecule has 1 aromatic carbocycles. The third-order valence-electron chi connectivity index (χ3n) is 6.82. The van der Waals surface area contributed by atoms with E-state index in [2.05, 4.69) is 32.9 Å². The van der Waals surface area contributed by atoms with E-state index in [0.717, 1.165) is 54.0 Å². The van der Waals surface area contributed by atoms with Crippen molar-refractivity contribution in [1.82, 2.24) is 24.1 Å². The van der Waals surface area contributed by atoms with Gasteiger partial charge in [-0.15, -0.1) is 0 Å². The van der Waals surface area contributed by atoms with Crippen LogP contribution in [0.3, 0.4) is 0 Å². The Hall–Kier alpha value is -3.46. The molecular weight excluding hydrogens is 467 g/mol. The molecule has 0 aliphatic carbocycles. The van der Waals surface area contributed by atoms with E-state index in [0.29, 0.717) is 11.6 Å². The number of aromatic nitrogens is 4. The highest BCUT2D eigenvalue weighted by Gasteiger charge is 2.27. The monoisotopic (exact) mass is 495 g/mol. The Bertz CT molecular complexity index is 1370. The second-order valence-corrected chi connectivity index (χ2v) is 9.56. The Labute approximate surface area is 207 Å². The van der Waals surface area contributed by atoms with E-state index in [9.17, 15) is 18.0 Å². The van der Waals surface area contributed by atoms with E-state index in [1.54, 1.807) is 12.3 Å². The van der Waals surface area contributed by atoms with Crippen molar-refractivity contribution in [3.8, 4) is 22.4 Å². The quantitative estimate of drug-likeness (QED) is 0.336. The molecular formula is C27H28F3N5O. The van der Waals surface area contributed by atoms with Crippen LogP contribution in [0.4, 0.5) is 13.2 Å². The number of likely N-dealkylation sites (tertiary alicyclic amines) is 1. The molecule has 6 nitrogen and oxygen atoms in total. The number of fused-ring (bicyclic) bond motifs is 1. The lowest BCUT2D eigenvalue weighted by Crippen LogP contribution is -2.31. The second kappa shape index (κ2) is 9.89. The number of carbonyl (C=O) groups is 1. The van der Waals surface area contributed by atoms with E-state index in [4.69, 9.17) is 0 Å². The molecule has 1 aliphatic rings. The van der Waals surface area contributed by atoms with Gasteiger partial charge < -0.3 is 4.90 Å². The molecule has 1 fully saturated rings. The smallest absolute Gasteiger partial charge is 0.306 e. The van der Waals surface area contributed by atoms with Crippen LogP contribution in [0.5, 0.6) is 0 Å². The molecule has 0 spiro atoms. The molecule has 0 atom stereocenters. The summed E-state index contributed by atoms with van der Waals surface area (Å²) in [6.07, 6.45) is 3.98. The summed E-state index contributed by atoms with van der Waals surface area (Å²) in [4.78, 5) is 18.9. The summed E-state index contributed by atoms with van der Waals surface area (Å²) < 4.78 is 41.3. The van der Waals surface area contributed by atoms with Crippen LogP contribution in [0.15, 0.2) is 61.2 Å². The van der Waals surface area contributed by atoms with Gasteiger partial charge in [0.25, 0.3) is 0 Å². The number of hydrogen-bond acceptors (Lipinski definition) is 4. The fourth-order valence-electron chi connectivity index (χ4n) is 4.76. The number of imidazole rings is 1. The zero-order chi connectivity index (χ0) is 25.3. The van der Waals surface area contributed by atoms with Crippen LogP contribution in [0.1, 0.15) is 37.3 Å². The lowest BCUT2D eigenvalue weighted by Gasteiger charge is -2.28. The summed E-state index contributed by atoms with van der Waals surface area (Å²) in [5.74, 6) is -0.423. The number of Topliss-reactive ketones (excluding diaryl/α,β-unsaturated/α-hetero) is 1. The molecule has 36 heavy (non-hydrogen) atoms. The topological polar surface area (TPSA) is 55.4 Å². The minimum atomic E-state index is -4.32. The summed E-state index contributed by atoms with van der Waals surface area (Å²) in [6, 6.07) is 11.8. The number of rotatable bonds is 7. The van der Waals surface area contributed by atoms with Gasteiger partial charge >= 0.3 is 6.18 Å². The Kier molecular flexibility index (Phi) is 6.66. The first-order valence-electron chi connectivity index (χ1n) is 12.1. The van der Waals surface area contributed by atoms with Crippen molar-refractivity contribution in [2.45, 2.75) is 44.3 Å². The summed E-state index contributed by atoms with van der Waals surface area (Å²) in [5.41, 5.74) is 5.24. The Morgan fingerprint density at radius 3 is 2.64 bits per heavy atom. The first kappa shape index (κ1) is 24.2. The van der Waals surface area contributed by atoms with Crippen LogP contribution in [-0.2, 0) is 11.2 Å². The van der Waals surface area contributed by atoms with Crippen molar-refractivity contribution in [3.63, 3.8) is 0 Å². The fraction of sp³-hybridized carbons (Fsp3) is 0.370. The minimum Gasteiger partial charge on any atom is -0.306 e. The lowest BCUT2D eigenvalue weighted by molar-refractivity contribution is -0.143. The van der Waals surface area contributed by atoms with Gasteiger partial charge in [0.1, 0.15) is 11.4 Å². The average Bonchev–Trinajstić information content (AvgIpc) is 3.50. The number of nitrogens with zero attached hydrogens (tertiary/aromatic N) is 5. The van der Waals surface area contributed by atoms with Crippen LogP contribution in [-0.4, -0.2) is 56.2 Å². The van der Waals surface area contributed by atoms with E-state index in [1.807, 2.05) is 47.1 Å². The maximum atomic E-state index is 12.4. The molecule has 9 heteroatoms. The van der Waals surface area contributed by atoms with Crippen LogP contribution in [0.2, 0.25) is 0 Å². The predicted octanol–water partition coefficient (Wildman–Crippen LogP) is 5.59. The fourth-order valence-corrected chi connectivity index (χ4v) is 4.76. The van der Waals surface area contributed by atoms with E-state index in [1.165, 1.54) is 0 Å². The minimum absolute atomic E-state index is 0.0218. The molecule has 5 rings (SSSR count). The third kappa shape index (κ3) is 5.51. The molecule has 0 radical (unpaired) electrons. The summed E-state index contributed by atoms with van der Waals surface area (Å²) >= 11 is 0.